The van der Waals surface area contributed by atoms with Gasteiger partial charge in [-0.15, -0.1) is 0 Å². The first-order valence-electron chi connectivity index (χ1n) is 6.09. The average molecular weight is 268 g/mol. The smallest absolute Gasteiger partial charge is 0.234 e. The molecule has 0 radical (unpaired) electrons. The summed E-state index contributed by atoms with van der Waals surface area (Å²) in [4.78, 5) is 13.5. The van der Waals surface area contributed by atoms with E-state index in [-0.39, 0.29) is 16.7 Å². The Labute approximate surface area is 115 Å². The zero-order valence-electron chi connectivity index (χ0n) is 10.6. The molecule has 0 saturated heterocycles. The highest BCUT2D eigenvalue weighted by Gasteiger charge is 2.33. The predicted molar refractivity (Wildman–Crippen MR) is 80.5 cm³/mol. The number of hydrogen-bond donors (Lipinski definition) is 1. The van der Waals surface area contributed by atoms with E-state index < -0.39 is 0 Å². The number of para-hydroxylation sites is 1. The van der Waals surface area contributed by atoms with Crippen LogP contribution in [-0.4, -0.2) is 12.0 Å². The van der Waals surface area contributed by atoms with Crippen LogP contribution in [0.5, 0.6) is 0 Å². The number of carbonyl (C=O) groups is 1. The molecule has 0 aliphatic carbocycles. The number of allylic oxidation sites excluding steroid dienone is 1. The number of hydrogen-bond acceptors (Lipinski definition) is 2. The SMILES string of the molecule is C[S+]1C(=CC(=O)c2ccccc2)Nc2ccccc21. The van der Waals surface area contributed by atoms with Crippen molar-refractivity contribution < 1.29 is 4.79 Å². The first-order chi connectivity index (χ1) is 9.25. The van der Waals surface area contributed by atoms with E-state index in [1.54, 1.807) is 6.08 Å². The van der Waals surface area contributed by atoms with Crippen molar-refractivity contribution in [2.24, 2.45) is 0 Å². The number of anilines is 1. The lowest BCUT2D eigenvalue weighted by Crippen LogP contribution is -2.05. The van der Waals surface area contributed by atoms with Crippen molar-refractivity contribution in [2.75, 3.05) is 11.6 Å². The van der Waals surface area contributed by atoms with E-state index in [0.717, 1.165) is 16.3 Å². The van der Waals surface area contributed by atoms with Crippen molar-refractivity contribution in [3.05, 3.63) is 71.3 Å². The highest BCUT2D eigenvalue weighted by Crippen LogP contribution is 2.35. The molecular weight excluding hydrogens is 254 g/mol. The molecule has 1 aliphatic heterocycles. The predicted octanol–water partition coefficient (Wildman–Crippen LogP) is 3.44. The summed E-state index contributed by atoms with van der Waals surface area (Å²) in [5, 5.41) is 4.33. The van der Waals surface area contributed by atoms with Crippen molar-refractivity contribution in [3.63, 3.8) is 0 Å². The Kier molecular flexibility index (Phi) is 3.13. The van der Waals surface area contributed by atoms with E-state index in [2.05, 4.69) is 17.6 Å². The summed E-state index contributed by atoms with van der Waals surface area (Å²) in [5.41, 5.74) is 1.84. The van der Waals surface area contributed by atoms with Gasteiger partial charge in [0.25, 0.3) is 0 Å². The van der Waals surface area contributed by atoms with Gasteiger partial charge in [-0.05, 0) is 12.1 Å². The van der Waals surface area contributed by atoms with E-state index in [9.17, 15) is 4.79 Å². The molecule has 2 aromatic rings. The Morgan fingerprint density at radius 3 is 2.47 bits per heavy atom. The Morgan fingerprint density at radius 2 is 1.74 bits per heavy atom. The first kappa shape index (κ1) is 12.1. The largest absolute Gasteiger partial charge is 0.311 e. The van der Waals surface area contributed by atoms with Gasteiger partial charge in [-0.25, -0.2) is 0 Å². The van der Waals surface area contributed by atoms with Gasteiger partial charge < -0.3 is 5.32 Å². The van der Waals surface area contributed by atoms with Crippen molar-refractivity contribution in [1.82, 2.24) is 0 Å². The molecule has 0 spiro atoms. The summed E-state index contributed by atoms with van der Waals surface area (Å²) < 4.78 is 0. The monoisotopic (exact) mass is 268 g/mol. The second kappa shape index (κ2) is 4.94. The lowest BCUT2D eigenvalue weighted by molar-refractivity contribution is 0.104. The van der Waals surface area contributed by atoms with Crippen LogP contribution in [0.1, 0.15) is 10.4 Å². The van der Waals surface area contributed by atoms with Crippen molar-refractivity contribution in [2.45, 2.75) is 4.90 Å². The van der Waals surface area contributed by atoms with Crippen molar-refractivity contribution in [1.29, 1.82) is 0 Å². The third-order valence-corrected chi connectivity index (χ3v) is 5.02. The molecular formula is C16H14NOS+. The highest BCUT2D eigenvalue weighted by atomic mass is 32.2. The number of fused-ring (bicyclic) bond motifs is 1. The van der Waals surface area contributed by atoms with Crippen molar-refractivity contribution >= 4 is 22.4 Å². The minimum Gasteiger partial charge on any atom is -0.311 e. The summed E-state index contributed by atoms with van der Waals surface area (Å²) in [7, 11) is -0.0508. The van der Waals surface area contributed by atoms with E-state index in [4.69, 9.17) is 0 Å². The third kappa shape index (κ3) is 2.29. The fourth-order valence-electron chi connectivity index (χ4n) is 2.09. The number of carbonyl (C=O) groups excluding carboxylic acids is 1. The number of rotatable bonds is 2. The molecule has 1 heterocycles. The molecule has 2 nitrogen and oxygen atoms in total. The van der Waals surface area contributed by atoms with E-state index >= 15 is 0 Å². The van der Waals surface area contributed by atoms with Crippen LogP contribution in [0.4, 0.5) is 5.69 Å². The summed E-state index contributed by atoms with van der Waals surface area (Å²) in [6.07, 6.45) is 3.86. The van der Waals surface area contributed by atoms with Crippen LogP contribution in [0, 0.1) is 0 Å². The van der Waals surface area contributed by atoms with Crippen LogP contribution in [-0.2, 0) is 10.9 Å². The van der Waals surface area contributed by atoms with Gasteiger partial charge in [0.1, 0.15) is 6.26 Å². The second-order valence-corrected chi connectivity index (χ2v) is 6.27. The maximum Gasteiger partial charge on any atom is 0.234 e. The second-order valence-electron chi connectivity index (χ2n) is 4.37. The van der Waals surface area contributed by atoms with Crippen LogP contribution in [0.2, 0.25) is 0 Å². The molecule has 0 bridgehead atoms. The van der Waals surface area contributed by atoms with Crippen molar-refractivity contribution in [3.8, 4) is 0 Å². The highest BCUT2D eigenvalue weighted by molar-refractivity contribution is 8.00. The maximum atomic E-state index is 12.2. The van der Waals surface area contributed by atoms with Gasteiger partial charge in [-0.2, -0.15) is 0 Å². The fourth-order valence-corrected chi connectivity index (χ4v) is 3.61. The minimum absolute atomic E-state index is 0.0508. The number of nitrogens with one attached hydrogen (secondary N) is 1. The third-order valence-electron chi connectivity index (χ3n) is 3.13. The molecule has 0 fully saturated rings. The topological polar surface area (TPSA) is 29.1 Å². The van der Waals surface area contributed by atoms with E-state index in [0.29, 0.717) is 0 Å². The van der Waals surface area contributed by atoms with E-state index in [1.807, 2.05) is 48.5 Å². The standard InChI is InChI=1S/C16H13NOS/c1-19-15-10-6-5-9-13(15)17-16(19)11-14(18)12-7-3-2-4-8-12/h2-11H,1H3/p+1. The minimum atomic E-state index is -0.0508. The van der Waals surface area contributed by atoms with Crippen LogP contribution in [0.25, 0.3) is 0 Å². The van der Waals surface area contributed by atoms with Crippen LogP contribution in [0.3, 0.4) is 0 Å². The molecule has 3 heteroatoms. The zero-order chi connectivity index (χ0) is 13.2. The molecule has 0 aromatic heterocycles. The van der Waals surface area contributed by atoms with Gasteiger partial charge in [0.05, 0.1) is 22.7 Å². The van der Waals surface area contributed by atoms with E-state index in [1.165, 1.54) is 4.90 Å². The normalized spacial score (nSPS) is 19.0. The molecule has 1 N–H and O–H groups in total. The zero-order valence-corrected chi connectivity index (χ0v) is 11.4. The summed E-state index contributed by atoms with van der Waals surface area (Å²) in [6, 6.07) is 17.6. The molecule has 0 amide bonds. The number of benzene rings is 2. The molecule has 19 heavy (non-hydrogen) atoms. The average Bonchev–Trinajstić information content (AvgIpc) is 2.77. The molecule has 1 atom stereocenters. The Hall–Kier alpha value is -2.00. The molecule has 0 saturated carbocycles. The Bertz CT molecular complexity index is 649. The number of ketones is 1. The van der Waals surface area contributed by atoms with Gasteiger partial charge in [0, 0.05) is 5.56 Å². The van der Waals surface area contributed by atoms with Crippen LogP contribution >= 0.6 is 0 Å². The molecule has 94 valence electrons. The summed E-state index contributed by atoms with van der Waals surface area (Å²) in [5.74, 6) is 0.0512. The lowest BCUT2D eigenvalue weighted by atomic mass is 10.1. The van der Waals surface area contributed by atoms with Gasteiger partial charge in [-0.1, -0.05) is 42.5 Å². The Balaban J connectivity index is 1.89. The van der Waals surface area contributed by atoms with Gasteiger partial charge in [0.15, 0.2) is 10.7 Å². The van der Waals surface area contributed by atoms with Crippen LogP contribution < -0.4 is 5.32 Å². The van der Waals surface area contributed by atoms with Gasteiger partial charge in [-0.3, -0.25) is 4.79 Å². The summed E-state index contributed by atoms with van der Waals surface area (Å²) in [6.45, 7) is 0. The fraction of sp³-hybridized carbons (Fsp3) is 0.0625. The molecule has 1 aliphatic rings. The summed E-state index contributed by atoms with van der Waals surface area (Å²) >= 11 is 0. The van der Waals surface area contributed by atoms with Gasteiger partial charge in [0.2, 0.25) is 5.03 Å². The molecule has 3 rings (SSSR count). The molecule has 1 unspecified atom stereocenters. The first-order valence-corrected chi connectivity index (χ1v) is 7.72. The Morgan fingerprint density at radius 1 is 1.05 bits per heavy atom. The van der Waals surface area contributed by atoms with Crippen LogP contribution in [0.15, 0.2) is 70.6 Å². The quantitative estimate of drug-likeness (QED) is 0.513. The molecule has 2 aromatic carbocycles. The van der Waals surface area contributed by atoms with Gasteiger partial charge >= 0.3 is 0 Å². The lowest BCUT2D eigenvalue weighted by Gasteiger charge is -1.97. The maximum absolute atomic E-state index is 12.2.